The van der Waals surface area contributed by atoms with Crippen LogP contribution >= 0.6 is 11.6 Å². The van der Waals surface area contributed by atoms with Gasteiger partial charge in [0.25, 0.3) is 5.91 Å². The second-order valence-corrected chi connectivity index (χ2v) is 8.61. The number of nitrogens with one attached hydrogen (secondary N) is 1. The first kappa shape index (κ1) is 23.5. The molecule has 0 saturated heterocycles. The number of benzene rings is 2. The van der Waals surface area contributed by atoms with E-state index in [1.54, 1.807) is 18.2 Å². The summed E-state index contributed by atoms with van der Waals surface area (Å²) in [6, 6.07) is 13.5. The van der Waals surface area contributed by atoms with Crippen molar-refractivity contribution in [1.82, 2.24) is 14.8 Å². The van der Waals surface area contributed by atoms with Crippen molar-refractivity contribution in [3.63, 3.8) is 0 Å². The van der Waals surface area contributed by atoms with E-state index in [9.17, 15) is 9.18 Å². The molecular formula is C25H24ClFN4O3. The summed E-state index contributed by atoms with van der Waals surface area (Å²) in [4.78, 5) is 16.6. The second-order valence-electron chi connectivity index (χ2n) is 8.21. The Kier molecular flexibility index (Phi) is 6.98. The van der Waals surface area contributed by atoms with Crippen molar-refractivity contribution in [3.05, 3.63) is 93.9 Å². The van der Waals surface area contributed by atoms with E-state index in [1.807, 2.05) is 13.0 Å². The zero-order valence-electron chi connectivity index (χ0n) is 19.0. The van der Waals surface area contributed by atoms with Gasteiger partial charge in [-0.05, 0) is 59.9 Å². The van der Waals surface area contributed by atoms with Crippen LogP contribution in [0.4, 0.5) is 10.3 Å². The Hall–Kier alpha value is -3.65. The minimum absolute atomic E-state index is 0.110. The molecule has 0 aliphatic rings. The van der Waals surface area contributed by atoms with Crippen molar-refractivity contribution in [2.24, 2.45) is 0 Å². The highest BCUT2D eigenvalue weighted by atomic mass is 35.5. The van der Waals surface area contributed by atoms with Crippen LogP contribution in [0.5, 0.6) is 5.75 Å². The van der Waals surface area contributed by atoms with Crippen LogP contribution in [0.15, 0.2) is 59.3 Å². The molecule has 0 spiro atoms. The van der Waals surface area contributed by atoms with Crippen LogP contribution in [-0.2, 0) is 13.2 Å². The monoisotopic (exact) mass is 482 g/mol. The summed E-state index contributed by atoms with van der Waals surface area (Å²) in [5.74, 6) is 0.966. The fraction of sp³-hybridized carbons (Fsp3) is 0.240. The van der Waals surface area contributed by atoms with Gasteiger partial charge in [-0.2, -0.15) is 0 Å². The molecule has 0 fully saturated rings. The van der Waals surface area contributed by atoms with Crippen LogP contribution in [0.2, 0.25) is 5.02 Å². The first-order valence-electron chi connectivity index (χ1n) is 10.8. The van der Waals surface area contributed by atoms with Gasteiger partial charge in [-0.15, -0.1) is 5.10 Å². The smallest absolute Gasteiger partial charge is 0.293 e. The summed E-state index contributed by atoms with van der Waals surface area (Å²) in [5, 5.41) is 7.09. The third-order valence-corrected chi connectivity index (χ3v) is 5.51. The van der Waals surface area contributed by atoms with Crippen molar-refractivity contribution in [3.8, 4) is 5.75 Å². The van der Waals surface area contributed by atoms with Gasteiger partial charge in [0.15, 0.2) is 5.76 Å². The van der Waals surface area contributed by atoms with E-state index in [-0.39, 0.29) is 29.9 Å². The molecule has 0 aliphatic heterocycles. The Morgan fingerprint density at radius 1 is 1.21 bits per heavy atom. The van der Waals surface area contributed by atoms with Gasteiger partial charge < -0.3 is 9.15 Å². The standard InChI is InChI=1S/C25H24ClFN4O3/c1-15(2)20-8-4-16(3)10-23(20)33-13-19-7-9-22(34-19)24(32)29-25-28-14-31(30-25)12-17-5-6-18(27)11-21(17)26/h4-11,14-15H,12-13H2,1-3H3,(H,29,30,32). The number of aryl methyl sites for hydroxylation is 1. The number of ether oxygens (including phenoxy) is 1. The molecule has 1 amide bonds. The van der Waals surface area contributed by atoms with Crippen LogP contribution in [-0.4, -0.2) is 20.7 Å². The highest BCUT2D eigenvalue weighted by Crippen LogP contribution is 2.28. The van der Waals surface area contributed by atoms with Crippen LogP contribution in [0.25, 0.3) is 0 Å². The minimum Gasteiger partial charge on any atom is -0.485 e. The molecule has 2 aromatic heterocycles. The maximum Gasteiger partial charge on any atom is 0.293 e. The largest absolute Gasteiger partial charge is 0.485 e. The number of rotatable bonds is 8. The Morgan fingerprint density at radius 3 is 2.79 bits per heavy atom. The van der Waals surface area contributed by atoms with E-state index in [0.717, 1.165) is 16.9 Å². The maximum absolute atomic E-state index is 13.2. The Balaban J connectivity index is 1.36. The van der Waals surface area contributed by atoms with Gasteiger partial charge in [0, 0.05) is 5.02 Å². The fourth-order valence-corrected chi connectivity index (χ4v) is 3.61. The molecule has 0 atom stereocenters. The van der Waals surface area contributed by atoms with Crippen LogP contribution in [0, 0.1) is 12.7 Å². The molecule has 0 unspecified atom stereocenters. The number of carbonyl (C=O) groups excluding carboxylic acids is 1. The SMILES string of the molecule is Cc1ccc(C(C)C)c(OCc2ccc(C(=O)Nc3ncn(Cc4ccc(F)cc4Cl)n3)o2)c1. The van der Waals surface area contributed by atoms with Crippen LogP contribution in [0.1, 0.15) is 52.8 Å². The summed E-state index contributed by atoms with van der Waals surface area (Å²) in [7, 11) is 0. The van der Waals surface area contributed by atoms with E-state index < -0.39 is 11.7 Å². The van der Waals surface area contributed by atoms with Crippen molar-refractivity contribution in [2.75, 3.05) is 5.32 Å². The lowest BCUT2D eigenvalue weighted by Crippen LogP contribution is -2.12. The predicted octanol–water partition coefficient (Wildman–Crippen LogP) is 5.98. The van der Waals surface area contributed by atoms with E-state index in [0.29, 0.717) is 17.2 Å². The number of hydrogen-bond donors (Lipinski definition) is 1. The zero-order chi connectivity index (χ0) is 24.2. The van der Waals surface area contributed by atoms with Crippen molar-refractivity contribution in [2.45, 2.75) is 39.8 Å². The fourth-order valence-electron chi connectivity index (χ4n) is 3.39. The molecule has 0 saturated carbocycles. The number of anilines is 1. The number of furan rings is 1. The molecular weight excluding hydrogens is 459 g/mol. The molecule has 4 rings (SSSR count). The van der Waals surface area contributed by atoms with Gasteiger partial charge in [0.2, 0.25) is 5.95 Å². The molecule has 0 bridgehead atoms. The van der Waals surface area contributed by atoms with Crippen LogP contribution < -0.4 is 10.1 Å². The normalized spacial score (nSPS) is 11.1. The highest BCUT2D eigenvalue weighted by Gasteiger charge is 2.15. The average Bonchev–Trinajstić information content (AvgIpc) is 3.43. The predicted molar refractivity (Wildman–Crippen MR) is 127 cm³/mol. The highest BCUT2D eigenvalue weighted by molar-refractivity contribution is 6.31. The number of carbonyl (C=O) groups is 1. The molecule has 2 heterocycles. The Bertz CT molecular complexity index is 1320. The molecule has 176 valence electrons. The van der Waals surface area contributed by atoms with Gasteiger partial charge in [-0.1, -0.05) is 43.6 Å². The molecule has 4 aromatic rings. The first-order valence-corrected chi connectivity index (χ1v) is 11.1. The molecule has 9 heteroatoms. The number of nitrogens with zero attached hydrogens (tertiary/aromatic N) is 3. The summed E-state index contributed by atoms with van der Waals surface area (Å²) < 4.78 is 26.3. The van der Waals surface area contributed by atoms with Gasteiger partial charge >= 0.3 is 0 Å². The van der Waals surface area contributed by atoms with E-state index in [2.05, 4.69) is 41.4 Å². The minimum atomic E-state index is -0.484. The summed E-state index contributed by atoms with van der Waals surface area (Å²) >= 11 is 6.06. The lowest BCUT2D eigenvalue weighted by Gasteiger charge is -2.14. The molecule has 1 N–H and O–H groups in total. The van der Waals surface area contributed by atoms with Gasteiger partial charge in [-0.25, -0.2) is 14.1 Å². The van der Waals surface area contributed by atoms with Crippen molar-refractivity contribution >= 4 is 23.5 Å². The zero-order valence-corrected chi connectivity index (χ0v) is 19.8. The molecule has 0 radical (unpaired) electrons. The number of hydrogen-bond acceptors (Lipinski definition) is 5. The van der Waals surface area contributed by atoms with Gasteiger partial charge in [-0.3, -0.25) is 10.1 Å². The van der Waals surface area contributed by atoms with E-state index >= 15 is 0 Å². The Labute approximate surface area is 201 Å². The lowest BCUT2D eigenvalue weighted by atomic mass is 10.0. The number of halogens is 2. The molecule has 0 aliphatic carbocycles. The summed E-state index contributed by atoms with van der Waals surface area (Å²) in [6.45, 7) is 6.70. The molecule has 34 heavy (non-hydrogen) atoms. The summed E-state index contributed by atoms with van der Waals surface area (Å²) in [5.41, 5.74) is 2.89. The average molecular weight is 483 g/mol. The summed E-state index contributed by atoms with van der Waals surface area (Å²) in [6.07, 6.45) is 1.45. The second kappa shape index (κ2) is 10.1. The quantitative estimate of drug-likeness (QED) is 0.334. The third kappa shape index (κ3) is 5.63. The Morgan fingerprint density at radius 2 is 2.03 bits per heavy atom. The van der Waals surface area contributed by atoms with Gasteiger partial charge in [0.1, 0.15) is 30.3 Å². The number of amides is 1. The van der Waals surface area contributed by atoms with Gasteiger partial charge in [0.05, 0.1) is 6.54 Å². The van der Waals surface area contributed by atoms with Crippen molar-refractivity contribution < 1.29 is 18.3 Å². The van der Waals surface area contributed by atoms with Crippen molar-refractivity contribution in [1.29, 1.82) is 0 Å². The molecule has 7 nitrogen and oxygen atoms in total. The first-order chi connectivity index (χ1) is 16.3. The number of aromatic nitrogens is 3. The van der Waals surface area contributed by atoms with E-state index in [4.69, 9.17) is 20.8 Å². The van der Waals surface area contributed by atoms with Crippen LogP contribution in [0.3, 0.4) is 0 Å². The third-order valence-electron chi connectivity index (χ3n) is 5.16. The topological polar surface area (TPSA) is 82.2 Å². The van der Waals surface area contributed by atoms with E-state index in [1.165, 1.54) is 23.1 Å². The molecule has 2 aromatic carbocycles. The lowest BCUT2D eigenvalue weighted by molar-refractivity contribution is 0.0991. The maximum atomic E-state index is 13.2.